The van der Waals surface area contributed by atoms with Gasteiger partial charge in [-0.1, -0.05) is 52.3 Å². The number of imide groups is 1. The molecule has 10 nitrogen and oxygen atoms in total. The van der Waals surface area contributed by atoms with Crippen LogP contribution in [0.2, 0.25) is 0 Å². The lowest BCUT2D eigenvalue weighted by molar-refractivity contribution is -0.138. The maximum Gasteiger partial charge on any atom is 0.352 e. The van der Waals surface area contributed by atoms with Gasteiger partial charge in [-0.3, -0.25) is 14.5 Å². The largest absolute Gasteiger partial charge is 0.491 e. The van der Waals surface area contributed by atoms with E-state index < -0.39 is 44.9 Å². The number of allylic oxidation sites excluding steroid dienone is 2. The van der Waals surface area contributed by atoms with Crippen molar-refractivity contribution < 1.29 is 19.4 Å². The highest BCUT2D eigenvalue weighted by Gasteiger charge is 2.75. The fourth-order valence-corrected chi connectivity index (χ4v) is 7.51. The van der Waals surface area contributed by atoms with Gasteiger partial charge in [-0.2, -0.15) is 0 Å². The average Bonchev–Trinajstić information content (AvgIpc) is 3.30. The number of amides is 2. The Morgan fingerprint density at radius 3 is 2.33 bits per heavy atom. The van der Waals surface area contributed by atoms with Gasteiger partial charge in [0, 0.05) is 12.3 Å². The first-order valence-electron chi connectivity index (χ1n) is 12.5. The van der Waals surface area contributed by atoms with Crippen molar-refractivity contribution in [2.75, 3.05) is 18.7 Å². The lowest BCUT2D eigenvalue weighted by Gasteiger charge is -2.49. The number of likely N-dealkylation sites (tertiary alicyclic amines) is 1. The summed E-state index contributed by atoms with van der Waals surface area (Å²) in [5.41, 5.74) is 0.374. The van der Waals surface area contributed by atoms with E-state index in [-0.39, 0.29) is 31.6 Å². The molecule has 40 heavy (non-hydrogen) atoms. The van der Waals surface area contributed by atoms with Crippen molar-refractivity contribution in [2.24, 2.45) is 0 Å². The van der Waals surface area contributed by atoms with E-state index in [1.54, 1.807) is 60.7 Å². The maximum atomic E-state index is 13.8. The van der Waals surface area contributed by atoms with Crippen LogP contribution in [0.3, 0.4) is 0 Å². The van der Waals surface area contributed by atoms with E-state index in [9.17, 15) is 19.2 Å². The summed E-state index contributed by atoms with van der Waals surface area (Å²) in [7, 11) is 0. The molecule has 0 unspecified atom stereocenters. The minimum absolute atomic E-state index is 0.0560. The fourth-order valence-electron chi connectivity index (χ4n) is 6.11. The zero-order valence-corrected chi connectivity index (χ0v) is 24.0. The van der Waals surface area contributed by atoms with E-state index in [0.717, 1.165) is 9.47 Å². The zero-order valence-electron chi connectivity index (χ0n) is 20.9. The van der Waals surface area contributed by atoms with Gasteiger partial charge in [0.15, 0.2) is 9.75 Å². The van der Waals surface area contributed by atoms with E-state index in [1.165, 1.54) is 9.36 Å². The van der Waals surface area contributed by atoms with Gasteiger partial charge in [0.1, 0.15) is 12.4 Å². The summed E-state index contributed by atoms with van der Waals surface area (Å²) in [6.07, 6.45) is 1.61. The number of halogens is 3. The van der Waals surface area contributed by atoms with Gasteiger partial charge in [0.2, 0.25) is 0 Å². The monoisotopic (exact) mass is 648 g/mol. The van der Waals surface area contributed by atoms with Crippen molar-refractivity contribution in [1.82, 2.24) is 18.8 Å². The maximum absolute atomic E-state index is 13.8. The Bertz CT molecular complexity index is 1670. The van der Waals surface area contributed by atoms with Crippen LogP contribution in [0, 0.1) is 0 Å². The second-order valence-electron chi connectivity index (χ2n) is 9.83. The topological polar surface area (TPSA) is 116 Å². The average molecular weight is 650 g/mol. The molecule has 3 aromatic rings. The van der Waals surface area contributed by atoms with Gasteiger partial charge >= 0.3 is 11.4 Å². The molecular formula is C27H23BrCl2N4O6. The first kappa shape index (κ1) is 27.1. The molecule has 1 saturated carbocycles. The van der Waals surface area contributed by atoms with E-state index in [2.05, 4.69) is 15.9 Å². The molecule has 0 radical (unpaired) electrons. The number of rotatable bonds is 6. The Labute approximate surface area is 246 Å². The summed E-state index contributed by atoms with van der Waals surface area (Å²) in [5.74, 6) is -1.74. The molecule has 3 aliphatic rings. The summed E-state index contributed by atoms with van der Waals surface area (Å²) in [6, 6.07) is 14.5. The van der Waals surface area contributed by atoms with Crippen LogP contribution in [0.4, 0.5) is 0 Å². The highest BCUT2D eigenvalue weighted by atomic mass is 79.9. The molecule has 2 aromatic carbocycles. The molecule has 1 aliphatic carbocycles. The molecule has 1 N–H and O–H groups in total. The van der Waals surface area contributed by atoms with Crippen LogP contribution in [0.25, 0.3) is 5.69 Å². The van der Waals surface area contributed by atoms with Crippen LogP contribution < -0.4 is 16.1 Å². The van der Waals surface area contributed by atoms with Crippen LogP contribution in [0.15, 0.2) is 75.8 Å². The predicted octanol–water partition coefficient (Wildman–Crippen LogP) is 2.52. The molecule has 1 saturated heterocycles. The Kier molecular flexibility index (Phi) is 6.60. The highest BCUT2D eigenvalue weighted by molar-refractivity contribution is 9.09. The van der Waals surface area contributed by atoms with Gasteiger partial charge in [0.05, 0.1) is 30.3 Å². The molecule has 2 amide bonds. The van der Waals surface area contributed by atoms with E-state index in [0.29, 0.717) is 22.6 Å². The quantitative estimate of drug-likeness (QED) is 0.190. The molecule has 3 heterocycles. The Morgan fingerprint density at radius 1 is 0.975 bits per heavy atom. The number of para-hydroxylation sites is 1. The Balaban J connectivity index is 1.55. The molecule has 0 bridgehead atoms. The summed E-state index contributed by atoms with van der Waals surface area (Å²) >= 11 is 17.6. The number of ether oxygens (including phenoxy) is 1. The van der Waals surface area contributed by atoms with Crippen molar-refractivity contribution in [3.8, 4) is 11.4 Å². The van der Waals surface area contributed by atoms with Crippen molar-refractivity contribution >= 4 is 50.9 Å². The van der Waals surface area contributed by atoms with Crippen LogP contribution in [-0.4, -0.2) is 64.2 Å². The molecule has 208 valence electrons. The number of carbonyl (C=O) groups is 2. The molecule has 2 fully saturated rings. The minimum Gasteiger partial charge on any atom is -0.491 e. The lowest BCUT2D eigenvalue weighted by atomic mass is 9.64. The van der Waals surface area contributed by atoms with Gasteiger partial charge in [-0.05, 0) is 35.4 Å². The number of nitrogens with zero attached hydrogens (tertiary/aromatic N) is 4. The van der Waals surface area contributed by atoms with Crippen molar-refractivity contribution in [2.45, 2.75) is 34.7 Å². The van der Waals surface area contributed by atoms with Gasteiger partial charge in [-0.25, -0.2) is 23.5 Å². The summed E-state index contributed by atoms with van der Waals surface area (Å²) in [6.45, 7) is 0.00332. The second-order valence-corrected chi connectivity index (χ2v) is 11.6. The first-order chi connectivity index (χ1) is 19.2. The SMILES string of the molecule is O=C1N(CBr)C(=O)[C@@]2(Cl)[C@@H](c3ccc(OCCO)cc3)C3=CCn4c(=O)n(-c5ccccc5)c(=O)n4[C@@H]3C[C@@]12Cl. The molecule has 0 spiro atoms. The zero-order chi connectivity index (χ0) is 28.4. The van der Waals surface area contributed by atoms with Crippen molar-refractivity contribution in [1.29, 1.82) is 0 Å². The molecular weight excluding hydrogens is 627 g/mol. The number of aromatic nitrogens is 3. The number of aliphatic hydroxyl groups is 1. The summed E-state index contributed by atoms with van der Waals surface area (Å²) in [5, 5.41) is 9.08. The van der Waals surface area contributed by atoms with Crippen LogP contribution in [0.5, 0.6) is 5.75 Å². The first-order valence-corrected chi connectivity index (χ1v) is 14.4. The highest BCUT2D eigenvalue weighted by Crippen LogP contribution is 2.63. The van der Waals surface area contributed by atoms with E-state index in [1.807, 2.05) is 0 Å². The summed E-state index contributed by atoms with van der Waals surface area (Å²) < 4.78 is 9.20. The third kappa shape index (κ3) is 3.57. The fraction of sp³-hybridized carbons (Fsp3) is 0.333. The van der Waals surface area contributed by atoms with Crippen LogP contribution in [0.1, 0.15) is 23.9 Å². The van der Waals surface area contributed by atoms with Crippen LogP contribution >= 0.6 is 39.1 Å². The van der Waals surface area contributed by atoms with Crippen molar-refractivity contribution in [3.05, 3.63) is 92.8 Å². The van der Waals surface area contributed by atoms with E-state index >= 15 is 0 Å². The molecule has 4 atom stereocenters. The third-order valence-electron chi connectivity index (χ3n) is 7.87. The van der Waals surface area contributed by atoms with Crippen LogP contribution in [-0.2, 0) is 16.1 Å². The lowest BCUT2D eigenvalue weighted by Crippen LogP contribution is -2.59. The molecule has 1 aromatic heterocycles. The third-order valence-corrected chi connectivity index (χ3v) is 9.78. The molecule has 13 heteroatoms. The Morgan fingerprint density at radius 2 is 1.68 bits per heavy atom. The smallest absolute Gasteiger partial charge is 0.352 e. The normalized spacial score (nSPS) is 27.2. The van der Waals surface area contributed by atoms with Crippen molar-refractivity contribution in [3.63, 3.8) is 0 Å². The van der Waals surface area contributed by atoms with Gasteiger partial charge in [0.25, 0.3) is 11.8 Å². The second kappa shape index (κ2) is 9.76. The summed E-state index contributed by atoms with van der Waals surface area (Å²) in [4.78, 5) is 51.8. The number of fused-ring (bicyclic) bond motifs is 4. The predicted molar refractivity (Wildman–Crippen MR) is 151 cm³/mol. The van der Waals surface area contributed by atoms with Gasteiger partial charge < -0.3 is 9.84 Å². The number of aliphatic hydroxyl groups excluding tert-OH is 1. The molecule has 6 rings (SSSR count). The number of hydrogen-bond donors (Lipinski definition) is 1. The number of alkyl halides is 3. The number of carbonyl (C=O) groups excluding carboxylic acids is 2. The number of benzene rings is 2. The van der Waals surface area contributed by atoms with Gasteiger partial charge in [-0.15, -0.1) is 23.2 Å². The molecule has 2 aliphatic heterocycles. The minimum atomic E-state index is -1.91. The standard InChI is InChI=1S/C27H23BrCl2N4O6/c28-15-31-22(36)26(29)14-20-19(10-11-32-24(38)33(25(39)34(20)32)17-4-2-1-3-5-17)21(27(26,30)23(31)37)16-6-8-18(9-7-16)40-13-12-35/h1-10,20-21,35H,11-15H2/t20-,21+,26-,27+/m1/s1. The number of hydrogen-bond acceptors (Lipinski definition) is 6. The van der Waals surface area contributed by atoms with E-state index in [4.69, 9.17) is 33.0 Å². The Hall–Kier alpha value is -3.12.